The van der Waals surface area contributed by atoms with Crippen molar-refractivity contribution < 1.29 is 4.74 Å². The van der Waals surface area contributed by atoms with Crippen LogP contribution in [0.5, 0.6) is 5.88 Å². The minimum atomic E-state index is 0.183. The highest BCUT2D eigenvalue weighted by Gasteiger charge is 2.50. The molecule has 1 aliphatic carbocycles. The molecule has 2 atom stereocenters. The summed E-state index contributed by atoms with van der Waals surface area (Å²) in [6.45, 7) is 3.07. The van der Waals surface area contributed by atoms with Crippen LogP contribution in [-0.2, 0) is 6.54 Å². The average molecular weight is 268 g/mol. The number of pyridine rings is 1. The Balaban J connectivity index is 1.65. The van der Waals surface area contributed by atoms with Crippen LogP contribution in [0.4, 0.5) is 0 Å². The van der Waals surface area contributed by atoms with E-state index in [1.807, 2.05) is 6.07 Å². The highest BCUT2D eigenvalue weighted by molar-refractivity contribution is 5.33. The zero-order chi connectivity index (χ0) is 14.0. The quantitative estimate of drug-likeness (QED) is 0.904. The summed E-state index contributed by atoms with van der Waals surface area (Å²) in [5.74, 6) is 1.31. The fourth-order valence-electron chi connectivity index (χ4n) is 2.77. The van der Waals surface area contributed by atoms with Crippen molar-refractivity contribution in [3.63, 3.8) is 0 Å². The van der Waals surface area contributed by atoms with Crippen molar-refractivity contribution in [1.82, 2.24) is 10.3 Å². The Morgan fingerprint density at radius 3 is 2.80 bits per heavy atom. The number of nitrogens with zero attached hydrogens (tertiary/aromatic N) is 1. The van der Waals surface area contributed by atoms with Crippen LogP contribution in [0.15, 0.2) is 48.7 Å². The molecule has 0 saturated heterocycles. The lowest BCUT2D eigenvalue weighted by molar-refractivity contribution is 0.388. The number of hydrogen-bond donors (Lipinski definition) is 1. The number of benzene rings is 1. The summed E-state index contributed by atoms with van der Waals surface area (Å²) in [4.78, 5) is 4.23. The van der Waals surface area contributed by atoms with Crippen LogP contribution in [0.1, 0.15) is 30.4 Å². The molecular formula is C17H20N2O. The number of aromatic nitrogens is 1. The molecule has 1 fully saturated rings. The molecule has 0 aliphatic heterocycles. The van der Waals surface area contributed by atoms with Gasteiger partial charge in [0.2, 0.25) is 5.88 Å². The molecule has 0 bridgehead atoms. The van der Waals surface area contributed by atoms with E-state index < -0.39 is 0 Å². The van der Waals surface area contributed by atoms with E-state index in [2.05, 4.69) is 53.6 Å². The molecule has 1 N–H and O–H groups in total. The van der Waals surface area contributed by atoms with Crippen molar-refractivity contribution in [1.29, 1.82) is 0 Å². The maximum atomic E-state index is 5.29. The van der Waals surface area contributed by atoms with E-state index in [-0.39, 0.29) is 5.54 Å². The number of methoxy groups -OCH3 is 1. The average Bonchev–Trinajstić information content (AvgIpc) is 3.19. The second-order valence-corrected chi connectivity index (χ2v) is 5.61. The van der Waals surface area contributed by atoms with Gasteiger partial charge in [0, 0.05) is 29.8 Å². The lowest BCUT2D eigenvalue weighted by Gasteiger charge is -2.15. The Kier molecular flexibility index (Phi) is 3.45. The maximum Gasteiger partial charge on any atom is 0.217 e. The maximum absolute atomic E-state index is 5.29. The Morgan fingerprint density at radius 2 is 2.05 bits per heavy atom. The first-order valence-electron chi connectivity index (χ1n) is 7.01. The van der Waals surface area contributed by atoms with Gasteiger partial charge in [0.25, 0.3) is 0 Å². The summed E-state index contributed by atoms with van der Waals surface area (Å²) in [6.07, 6.45) is 2.94. The van der Waals surface area contributed by atoms with Gasteiger partial charge in [-0.25, -0.2) is 4.98 Å². The number of rotatable bonds is 5. The predicted octanol–water partition coefficient (Wildman–Crippen LogP) is 3.13. The predicted molar refractivity (Wildman–Crippen MR) is 79.8 cm³/mol. The molecule has 0 amide bonds. The topological polar surface area (TPSA) is 34.1 Å². The first kappa shape index (κ1) is 13.1. The molecule has 3 rings (SSSR count). The van der Waals surface area contributed by atoms with Gasteiger partial charge in [-0.1, -0.05) is 36.4 Å². The summed E-state index contributed by atoms with van der Waals surface area (Å²) in [6, 6.07) is 14.7. The van der Waals surface area contributed by atoms with Crippen LogP contribution in [0, 0.1) is 0 Å². The first-order valence-corrected chi connectivity index (χ1v) is 7.01. The molecule has 0 radical (unpaired) electrons. The summed E-state index contributed by atoms with van der Waals surface area (Å²) in [7, 11) is 1.66. The van der Waals surface area contributed by atoms with Crippen LogP contribution in [0.25, 0.3) is 0 Å². The third-order valence-corrected chi connectivity index (χ3v) is 4.17. The molecule has 1 aromatic heterocycles. The van der Waals surface area contributed by atoms with Crippen LogP contribution in [-0.4, -0.2) is 17.6 Å². The third kappa shape index (κ3) is 2.54. The van der Waals surface area contributed by atoms with Gasteiger partial charge in [-0.3, -0.25) is 0 Å². The molecule has 20 heavy (non-hydrogen) atoms. The van der Waals surface area contributed by atoms with E-state index in [0.717, 1.165) is 12.1 Å². The van der Waals surface area contributed by atoms with Crippen LogP contribution < -0.4 is 10.1 Å². The van der Waals surface area contributed by atoms with Crippen LogP contribution in [0.2, 0.25) is 0 Å². The van der Waals surface area contributed by atoms with Gasteiger partial charge in [0.15, 0.2) is 0 Å². The second-order valence-electron chi connectivity index (χ2n) is 5.61. The van der Waals surface area contributed by atoms with Crippen molar-refractivity contribution in [3.8, 4) is 5.88 Å². The molecule has 0 unspecified atom stereocenters. The Bertz CT molecular complexity index is 585. The molecule has 1 saturated carbocycles. The Hall–Kier alpha value is -1.87. The molecule has 1 aromatic carbocycles. The standard InChI is InChI=1S/C17H20N2O/c1-17(11-15(17)13-7-4-3-5-8-13)19-12-14-9-6-10-18-16(14)20-2/h3-10,15,19H,11-12H2,1-2H3/t15-,17+/m0/s1. The fourth-order valence-corrected chi connectivity index (χ4v) is 2.77. The van der Waals surface area contributed by atoms with Crippen molar-refractivity contribution in [2.75, 3.05) is 7.11 Å². The van der Waals surface area contributed by atoms with Gasteiger partial charge >= 0.3 is 0 Å². The van der Waals surface area contributed by atoms with Crippen molar-refractivity contribution in [2.45, 2.75) is 31.3 Å². The summed E-state index contributed by atoms with van der Waals surface area (Å²) >= 11 is 0. The number of hydrogen-bond acceptors (Lipinski definition) is 3. The lowest BCUT2D eigenvalue weighted by atomic mass is 10.1. The van der Waals surface area contributed by atoms with E-state index in [1.54, 1.807) is 13.3 Å². The van der Waals surface area contributed by atoms with Gasteiger partial charge in [0.1, 0.15) is 0 Å². The van der Waals surface area contributed by atoms with E-state index in [9.17, 15) is 0 Å². The normalized spacial score (nSPS) is 24.4. The molecule has 104 valence electrons. The van der Waals surface area contributed by atoms with Gasteiger partial charge in [-0.15, -0.1) is 0 Å². The van der Waals surface area contributed by atoms with Gasteiger partial charge in [-0.05, 0) is 25.0 Å². The Labute approximate surface area is 120 Å². The number of ether oxygens (including phenoxy) is 1. The summed E-state index contributed by atoms with van der Waals surface area (Å²) in [5, 5.41) is 3.65. The zero-order valence-corrected chi connectivity index (χ0v) is 12.0. The third-order valence-electron chi connectivity index (χ3n) is 4.17. The van der Waals surface area contributed by atoms with E-state index in [4.69, 9.17) is 4.74 Å². The SMILES string of the molecule is COc1ncccc1CN[C@]1(C)C[C@H]1c1ccccc1. The van der Waals surface area contributed by atoms with Gasteiger partial charge in [0.05, 0.1) is 7.11 Å². The molecule has 3 heteroatoms. The molecule has 1 aliphatic rings. The highest BCUT2D eigenvalue weighted by Crippen LogP contribution is 2.51. The fraction of sp³-hybridized carbons (Fsp3) is 0.353. The minimum absolute atomic E-state index is 0.183. The molecule has 0 spiro atoms. The monoisotopic (exact) mass is 268 g/mol. The van der Waals surface area contributed by atoms with Crippen molar-refractivity contribution in [3.05, 3.63) is 59.8 Å². The molecule has 1 heterocycles. The molecule has 3 nitrogen and oxygen atoms in total. The zero-order valence-electron chi connectivity index (χ0n) is 12.0. The smallest absolute Gasteiger partial charge is 0.217 e. The lowest BCUT2D eigenvalue weighted by Crippen LogP contribution is -2.29. The van der Waals surface area contributed by atoms with E-state index in [1.165, 1.54) is 12.0 Å². The Morgan fingerprint density at radius 1 is 1.25 bits per heavy atom. The largest absolute Gasteiger partial charge is 0.481 e. The number of nitrogens with one attached hydrogen (secondary N) is 1. The van der Waals surface area contributed by atoms with Crippen molar-refractivity contribution in [2.24, 2.45) is 0 Å². The van der Waals surface area contributed by atoms with E-state index in [0.29, 0.717) is 11.8 Å². The van der Waals surface area contributed by atoms with Gasteiger partial charge in [-0.2, -0.15) is 0 Å². The second kappa shape index (κ2) is 5.25. The van der Waals surface area contributed by atoms with Crippen LogP contribution >= 0.6 is 0 Å². The van der Waals surface area contributed by atoms with E-state index >= 15 is 0 Å². The highest BCUT2D eigenvalue weighted by atomic mass is 16.5. The van der Waals surface area contributed by atoms with Gasteiger partial charge < -0.3 is 10.1 Å². The van der Waals surface area contributed by atoms with Crippen LogP contribution in [0.3, 0.4) is 0 Å². The minimum Gasteiger partial charge on any atom is -0.481 e. The summed E-state index contributed by atoms with van der Waals surface area (Å²) in [5.41, 5.74) is 2.71. The first-order chi connectivity index (χ1) is 9.73. The molecular weight excluding hydrogens is 248 g/mol. The van der Waals surface area contributed by atoms with Crippen molar-refractivity contribution >= 4 is 0 Å². The molecule has 2 aromatic rings. The summed E-state index contributed by atoms with van der Waals surface area (Å²) < 4.78 is 5.29.